The Kier molecular flexibility index (Phi) is 4.18. The van der Waals surface area contributed by atoms with Crippen LogP contribution in [0.15, 0.2) is 9.98 Å². The highest BCUT2D eigenvalue weighted by molar-refractivity contribution is 5.98. The lowest BCUT2D eigenvalue weighted by Crippen LogP contribution is -2.46. The molecule has 6 nitrogen and oxygen atoms in total. The average molecular weight is 198 g/mol. The van der Waals surface area contributed by atoms with Gasteiger partial charge in [0.2, 0.25) is 5.96 Å². The van der Waals surface area contributed by atoms with Crippen molar-refractivity contribution in [1.29, 1.82) is 0 Å². The number of nitrogens with two attached hydrogens (primary N) is 1. The summed E-state index contributed by atoms with van der Waals surface area (Å²) in [6.45, 7) is 3.63. The Hall–Kier alpha value is -1.30. The Balaban J connectivity index is 2.42. The number of nitrogens with zero attached hydrogens (tertiary/aromatic N) is 3. The number of hydrogen-bond donors (Lipinski definition) is 3. The van der Waals surface area contributed by atoms with E-state index in [1.807, 2.05) is 7.05 Å². The number of guanidine groups is 2. The van der Waals surface area contributed by atoms with E-state index in [9.17, 15) is 0 Å². The molecule has 14 heavy (non-hydrogen) atoms. The molecule has 0 amide bonds. The van der Waals surface area contributed by atoms with Gasteiger partial charge < -0.3 is 16.0 Å². The number of aliphatic imine (C=N–C) groups is 2. The van der Waals surface area contributed by atoms with Gasteiger partial charge in [0.1, 0.15) is 0 Å². The maximum atomic E-state index is 5.56. The zero-order chi connectivity index (χ0) is 10.4. The van der Waals surface area contributed by atoms with Crippen LogP contribution in [0.2, 0.25) is 0 Å². The number of rotatable bonds is 3. The molecule has 0 aromatic carbocycles. The van der Waals surface area contributed by atoms with Gasteiger partial charge in [-0.05, 0) is 7.05 Å². The Labute approximate surface area is 84.3 Å². The van der Waals surface area contributed by atoms with Crippen molar-refractivity contribution in [3.05, 3.63) is 0 Å². The predicted molar refractivity (Wildman–Crippen MR) is 58.5 cm³/mol. The fourth-order valence-corrected chi connectivity index (χ4v) is 1.24. The SMILES string of the molecule is CN=C(N)NC1=NCCN1CCNC. The Morgan fingerprint density at radius 3 is 3.14 bits per heavy atom. The maximum Gasteiger partial charge on any atom is 0.200 e. The first kappa shape index (κ1) is 10.8. The molecule has 1 heterocycles. The topological polar surface area (TPSA) is 78.0 Å². The lowest BCUT2D eigenvalue weighted by molar-refractivity contribution is 0.445. The van der Waals surface area contributed by atoms with Crippen LogP contribution in [0.4, 0.5) is 0 Å². The summed E-state index contributed by atoms with van der Waals surface area (Å²) >= 11 is 0. The van der Waals surface area contributed by atoms with E-state index in [0.29, 0.717) is 5.96 Å². The molecule has 1 aliphatic heterocycles. The molecule has 0 spiro atoms. The molecule has 0 saturated heterocycles. The quantitative estimate of drug-likeness (QED) is 0.377. The maximum absolute atomic E-state index is 5.56. The van der Waals surface area contributed by atoms with Crippen LogP contribution in [-0.4, -0.2) is 57.1 Å². The summed E-state index contributed by atoms with van der Waals surface area (Å²) in [7, 11) is 3.58. The lowest BCUT2D eigenvalue weighted by Gasteiger charge is -2.20. The summed E-state index contributed by atoms with van der Waals surface area (Å²) in [5.74, 6) is 1.23. The predicted octanol–water partition coefficient (Wildman–Crippen LogP) is -1.59. The smallest absolute Gasteiger partial charge is 0.200 e. The van der Waals surface area contributed by atoms with Crippen molar-refractivity contribution in [3.63, 3.8) is 0 Å². The van der Waals surface area contributed by atoms with Crippen LogP contribution in [0.1, 0.15) is 0 Å². The van der Waals surface area contributed by atoms with E-state index in [0.717, 1.165) is 32.1 Å². The highest BCUT2D eigenvalue weighted by Crippen LogP contribution is 1.97. The van der Waals surface area contributed by atoms with E-state index >= 15 is 0 Å². The van der Waals surface area contributed by atoms with E-state index in [1.165, 1.54) is 0 Å². The van der Waals surface area contributed by atoms with Crippen molar-refractivity contribution in [2.24, 2.45) is 15.7 Å². The molecule has 80 valence electrons. The Bertz CT molecular complexity index is 234. The van der Waals surface area contributed by atoms with Crippen molar-refractivity contribution >= 4 is 11.9 Å². The minimum atomic E-state index is 0.403. The molecule has 1 aliphatic rings. The van der Waals surface area contributed by atoms with Gasteiger partial charge in [-0.3, -0.25) is 15.3 Å². The molecule has 0 unspecified atom stereocenters. The first-order valence-corrected chi connectivity index (χ1v) is 4.71. The van der Waals surface area contributed by atoms with Gasteiger partial charge >= 0.3 is 0 Å². The normalized spacial score (nSPS) is 17.1. The molecule has 0 aromatic rings. The third-order valence-electron chi connectivity index (χ3n) is 2.04. The molecular weight excluding hydrogens is 180 g/mol. The van der Waals surface area contributed by atoms with Gasteiger partial charge in [-0.1, -0.05) is 0 Å². The van der Waals surface area contributed by atoms with Gasteiger partial charge in [0.05, 0.1) is 6.54 Å². The van der Waals surface area contributed by atoms with Crippen LogP contribution in [-0.2, 0) is 0 Å². The average Bonchev–Trinajstić information content (AvgIpc) is 2.62. The Morgan fingerprint density at radius 1 is 1.71 bits per heavy atom. The van der Waals surface area contributed by atoms with E-state index in [2.05, 4.69) is 25.5 Å². The fraction of sp³-hybridized carbons (Fsp3) is 0.750. The van der Waals surface area contributed by atoms with Crippen molar-refractivity contribution < 1.29 is 0 Å². The van der Waals surface area contributed by atoms with E-state index in [1.54, 1.807) is 7.05 Å². The van der Waals surface area contributed by atoms with Gasteiger partial charge in [-0.25, -0.2) is 0 Å². The van der Waals surface area contributed by atoms with E-state index < -0.39 is 0 Å². The standard InChI is InChI=1S/C8H18N6/c1-10-3-5-14-6-4-12-8(14)13-7(9)11-2/h10H,3-6H2,1-2H3,(H3,9,11,12,13). The van der Waals surface area contributed by atoms with E-state index in [-0.39, 0.29) is 0 Å². The van der Waals surface area contributed by atoms with Crippen LogP contribution < -0.4 is 16.4 Å². The van der Waals surface area contributed by atoms with Gasteiger partial charge in [0.25, 0.3) is 0 Å². The van der Waals surface area contributed by atoms with Crippen molar-refractivity contribution in [2.75, 3.05) is 40.3 Å². The minimum Gasteiger partial charge on any atom is -0.370 e. The summed E-state index contributed by atoms with van der Waals surface area (Å²) in [6, 6.07) is 0. The molecule has 0 bridgehead atoms. The number of hydrogen-bond acceptors (Lipinski definition) is 4. The minimum absolute atomic E-state index is 0.403. The van der Waals surface area contributed by atoms with Crippen LogP contribution in [0.3, 0.4) is 0 Å². The van der Waals surface area contributed by atoms with Gasteiger partial charge in [0, 0.05) is 26.7 Å². The lowest BCUT2D eigenvalue weighted by atomic mass is 10.5. The molecule has 0 atom stereocenters. The van der Waals surface area contributed by atoms with Crippen molar-refractivity contribution in [3.8, 4) is 0 Å². The summed E-state index contributed by atoms with van der Waals surface area (Å²) in [5.41, 5.74) is 5.56. The second-order valence-electron chi connectivity index (χ2n) is 3.03. The van der Waals surface area contributed by atoms with Gasteiger partial charge in [-0.15, -0.1) is 0 Å². The molecule has 0 aromatic heterocycles. The third-order valence-corrected chi connectivity index (χ3v) is 2.04. The third kappa shape index (κ3) is 2.88. The first-order chi connectivity index (χ1) is 6.77. The van der Waals surface area contributed by atoms with E-state index in [4.69, 9.17) is 5.73 Å². The number of nitrogens with one attached hydrogen (secondary N) is 2. The summed E-state index contributed by atoms with van der Waals surface area (Å²) in [6.07, 6.45) is 0. The largest absolute Gasteiger partial charge is 0.370 e. The second-order valence-corrected chi connectivity index (χ2v) is 3.03. The summed E-state index contributed by atoms with van der Waals surface area (Å²) < 4.78 is 0. The second kappa shape index (κ2) is 5.43. The summed E-state index contributed by atoms with van der Waals surface area (Å²) in [5, 5.41) is 6.06. The molecule has 0 saturated carbocycles. The van der Waals surface area contributed by atoms with Gasteiger partial charge in [0.15, 0.2) is 5.96 Å². The first-order valence-electron chi connectivity index (χ1n) is 4.71. The highest BCUT2D eigenvalue weighted by atomic mass is 15.4. The molecule has 1 rings (SSSR count). The molecular formula is C8H18N6. The monoisotopic (exact) mass is 198 g/mol. The highest BCUT2D eigenvalue weighted by Gasteiger charge is 2.16. The van der Waals surface area contributed by atoms with Crippen molar-refractivity contribution in [1.82, 2.24) is 15.5 Å². The molecule has 0 aliphatic carbocycles. The molecule has 6 heteroatoms. The molecule has 0 fully saturated rings. The zero-order valence-corrected chi connectivity index (χ0v) is 8.75. The number of likely N-dealkylation sites (N-methyl/N-ethyl adjacent to an activating group) is 1. The molecule has 0 radical (unpaired) electrons. The van der Waals surface area contributed by atoms with Crippen LogP contribution in [0, 0.1) is 0 Å². The zero-order valence-electron chi connectivity index (χ0n) is 8.75. The van der Waals surface area contributed by atoms with Gasteiger partial charge in [-0.2, -0.15) is 0 Å². The van der Waals surface area contributed by atoms with Crippen LogP contribution in [0.5, 0.6) is 0 Å². The summed E-state index contributed by atoms with van der Waals surface area (Å²) in [4.78, 5) is 10.3. The Morgan fingerprint density at radius 2 is 2.50 bits per heavy atom. The van der Waals surface area contributed by atoms with Crippen LogP contribution >= 0.6 is 0 Å². The van der Waals surface area contributed by atoms with Crippen molar-refractivity contribution in [2.45, 2.75) is 0 Å². The fourth-order valence-electron chi connectivity index (χ4n) is 1.24. The van der Waals surface area contributed by atoms with Crippen LogP contribution in [0.25, 0.3) is 0 Å². The molecule has 4 N–H and O–H groups in total.